The summed E-state index contributed by atoms with van der Waals surface area (Å²) >= 11 is 12.2. The van der Waals surface area contributed by atoms with Gasteiger partial charge in [-0.05, 0) is 61.1 Å². The summed E-state index contributed by atoms with van der Waals surface area (Å²) in [6.07, 6.45) is 4.67. The molecule has 2 nitrogen and oxygen atoms in total. The number of nitrogens with one attached hydrogen (secondary N) is 1. The maximum Gasteiger partial charge on any atom is 0.0453 e. The van der Waals surface area contributed by atoms with Crippen molar-refractivity contribution in [2.45, 2.75) is 45.6 Å². The molecular weight excluding hydrogens is 291 g/mol. The lowest BCUT2D eigenvalue weighted by Gasteiger charge is -2.36. The van der Waals surface area contributed by atoms with Crippen molar-refractivity contribution in [3.05, 3.63) is 33.8 Å². The lowest BCUT2D eigenvalue weighted by atomic mass is 9.73. The summed E-state index contributed by atoms with van der Waals surface area (Å²) in [5.74, 6) is 7.98. The fourth-order valence-electron chi connectivity index (χ4n) is 3.62. The third-order valence-corrected chi connectivity index (χ3v) is 5.04. The Labute approximate surface area is 132 Å². The molecule has 112 valence electrons. The van der Waals surface area contributed by atoms with E-state index < -0.39 is 0 Å². The Kier molecular flexibility index (Phi) is 5.74. The summed E-state index contributed by atoms with van der Waals surface area (Å²) in [4.78, 5) is 0. The van der Waals surface area contributed by atoms with E-state index in [2.05, 4.69) is 19.3 Å². The topological polar surface area (TPSA) is 38.0 Å². The summed E-state index contributed by atoms with van der Waals surface area (Å²) in [6.45, 7) is 4.68. The van der Waals surface area contributed by atoms with E-state index in [4.69, 9.17) is 29.0 Å². The van der Waals surface area contributed by atoms with Gasteiger partial charge in [0.25, 0.3) is 0 Å². The maximum atomic E-state index is 6.27. The quantitative estimate of drug-likeness (QED) is 0.637. The predicted octanol–water partition coefficient (Wildman–Crippen LogP) is 4.44. The maximum absolute atomic E-state index is 6.27. The van der Waals surface area contributed by atoms with Crippen LogP contribution in [0.5, 0.6) is 0 Å². The SMILES string of the molecule is CC1CC(C)CC(C(Cc2ccc(Cl)cc2Cl)NN)C1. The van der Waals surface area contributed by atoms with Crippen LogP contribution in [0.25, 0.3) is 0 Å². The van der Waals surface area contributed by atoms with Crippen LogP contribution in [0.15, 0.2) is 18.2 Å². The first-order valence-electron chi connectivity index (χ1n) is 7.39. The molecule has 1 aliphatic rings. The van der Waals surface area contributed by atoms with Crippen LogP contribution in [0, 0.1) is 17.8 Å². The fraction of sp³-hybridized carbons (Fsp3) is 0.625. The molecule has 1 fully saturated rings. The highest BCUT2D eigenvalue weighted by Crippen LogP contribution is 2.36. The van der Waals surface area contributed by atoms with Crippen LogP contribution in [0.3, 0.4) is 0 Å². The Morgan fingerprint density at radius 1 is 1.20 bits per heavy atom. The summed E-state index contributed by atoms with van der Waals surface area (Å²) < 4.78 is 0. The van der Waals surface area contributed by atoms with Gasteiger partial charge in [0.15, 0.2) is 0 Å². The van der Waals surface area contributed by atoms with Crippen LogP contribution in [-0.2, 0) is 6.42 Å². The van der Waals surface area contributed by atoms with Gasteiger partial charge in [-0.1, -0.05) is 43.1 Å². The predicted molar refractivity (Wildman–Crippen MR) is 86.9 cm³/mol. The molecule has 3 atom stereocenters. The number of nitrogens with two attached hydrogens (primary N) is 1. The first kappa shape index (κ1) is 16.1. The van der Waals surface area contributed by atoms with Crippen molar-refractivity contribution >= 4 is 23.2 Å². The fourth-order valence-corrected chi connectivity index (χ4v) is 4.11. The first-order valence-corrected chi connectivity index (χ1v) is 8.15. The van der Waals surface area contributed by atoms with Gasteiger partial charge in [-0.3, -0.25) is 11.3 Å². The molecule has 0 radical (unpaired) electrons. The molecule has 0 heterocycles. The summed E-state index contributed by atoms with van der Waals surface area (Å²) in [5, 5.41) is 1.41. The first-order chi connectivity index (χ1) is 9.49. The van der Waals surface area contributed by atoms with Crippen LogP contribution in [-0.4, -0.2) is 6.04 Å². The summed E-state index contributed by atoms with van der Waals surface area (Å²) in [6, 6.07) is 5.98. The molecular formula is C16H24Cl2N2. The van der Waals surface area contributed by atoms with Gasteiger partial charge in [0.2, 0.25) is 0 Å². The molecule has 0 saturated heterocycles. The average Bonchev–Trinajstić information content (AvgIpc) is 2.36. The molecule has 3 N–H and O–H groups in total. The number of rotatable bonds is 4. The molecule has 1 aliphatic carbocycles. The van der Waals surface area contributed by atoms with Crippen molar-refractivity contribution in [3.63, 3.8) is 0 Å². The average molecular weight is 315 g/mol. The minimum atomic E-state index is 0.277. The van der Waals surface area contributed by atoms with E-state index >= 15 is 0 Å². The molecule has 3 unspecified atom stereocenters. The largest absolute Gasteiger partial charge is 0.271 e. The summed E-state index contributed by atoms with van der Waals surface area (Å²) in [7, 11) is 0. The van der Waals surface area contributed by atoms with Gasteiger partial charge >= 0.3 is 0 Å². The number of hydrogen-bond acceptors (Lipinski definition) is 2. The molecule has 20 heavy (non-hydrogen) atoms. The van der Waals surface area contributed by atoms with Gasteiger partial charge < -0.3 is 0 Å². The van der Waals surface area contributed by atoms with E-state index in [1.165, 1.54) is 19.3 Å². The van der Waals surface area contributed by atoms with Crippen molar-refractivity contribution in [1.29, 1.82) is 0 Å². The molecule has 0 bridgehead atoms. The number of hydrogen-bond donors (Lipinski definition) is 2. The van der Waals surface area contributed by atoms with Gasteiger partial charge in [0, 0.05) is 16.1 Å². The molecule has 0 spiro atoms. The van der Waals surface area contributed by atoms with E-state index in [1.807, 2.05) is 12.1 Å². The Morgan fingerprint density at radius 3 is 2.40 bits per heavy atom. The normalized spacial score (nSPS) is 28.4. The highest BCUT2D eigenvalue weighted by atomic mass is 35.5. The van der Waals surface area contributed by atoms with E-state index in [0.717, 1.165) is 28.8 Å². The second-order valence-electron chi connectivity index (χ2n) is 6.39. The zero-order valence-corrected chi connectivity index (χ0v) is 13.7. The zero-order valence-electron chi connectivity index (χ0n) is 12.2. The van der Waals surface area contributed by atoms with E-state index in [0.29, 0.717) is 10.9 Å². The minimum absolute atomic E-state index is 0.277. The number of halogens is 2. The molecule has 2 rings (SSSR count). The van der Waals surface area contributed by atoms with Crippen molar-refractivity contribution in [2.24, 2.45) is 23.6 Å². The van der Waals surface area contributed by atoms with E-state index in [1.54, 1.807) is 6.07 Å². The van der Waals surface area contributed by atoms with Crippen LogP contribution >= 0.6 is 23.2 Å². The van der Waals surface area contributed by atoms with Crippen molar-refractivity contribution in [2.75, 3.05) is 0 Å². The zero-order chi connectivity index (χ0) is 14.7. The van der Waals surface area contributed by atoms with Gasteiger partial charge in [0.05, 0.1) is 0 Å². The van der Waals surface area contributed by atoms with E-state index in [-0.39, 0.29) is 6.04 Å². The van der Waals surface area contributed by atoms with Crippen LogP contribution in [0.4, 0.5) is 0 Å². The highest BCUT2D eigenvalue weighted by molar-refractivity contribution is 6.35. The second kappa shape index (κ2) is 7.13. The molecule has 1 aromatic rings. The molecule has 0 aromatic heterocycles. The van der Waals surface area contributed by atoms with Crippen LogP contribution in [0.1, 0.15) is 38.7 Å². The number of benzene rings is 1. The second-order valence-corrected chi connectivity index (χ2v) is 7.23. The number of hydrazine groups is 1. The highest BCUT2D eigenvalue weighted by Gasteiger charge is 2.29. The monoisotopic (exact) mass is 314 g/mol. The summed E-state index contributed by atoms with van der Waals surface area (Å²) in [5.41, 5.74) is 4.13. The molecule has 4 heteroatoms. The molecule has 0 amide bonds. The molecule has 1 aromatic carbocycles. The smallest absolute Gasteiger partial charge is 0.0453 e. The van der Waals surface area contributed by atoms with Gasteiger partial charge in [0.1, 0.15) is 0 Å². The van der Waals surface area contributed by atoms with Crippen LogP contribution < -0.4 is 11.3 Å². The Bertz CT molecular complexity index is 440. The standard InChI is InChI=1S/C16H24Cl2N2/c1-10-5-11(2)7-13(6-10)16(20-19)8-12-3-4-14(17)9-15(12)18/h3-4,9-11,13,16,20H,5-8,19H2,1-2H3. The minimum Gasteiger partial charge on any atom is -0.271 e. The lowest BCUT2D eigenvalue weighted by molar-refractivity contribution is 0.175. The van der Waals surface area contributed by atoms with Gasteiger partial charge in [-0.15, -0.1) is 0 Å². The molecule has 1 saturated carbocycles. The Morgan fingerprint density at radius 2 is 1.85 bits per heavy atom. The third kappa shape index (κ3) is 4.11. The molecule has 0 aliphatic heterocycles. The third-order valence-electron chi connectivity index (χ3n) is 4.45. The Balaban J connectivity index is 2.08. The van der Waals surface area contributed by atoms with Gasteiger partial charge in [-0.25, -0.2) is 0 Å². The van der Waals surface area contributed by atoms with Crippen molar-refractivity contribution in [3.8, 4) is 0 Å². The van der Waals surface area contributed by atoms with E-state index in [9.17, 15) is 0 Å². The lowest BCUT2D eigenvalue weighted by Crippen LogP contribution is -2.44. The van der Waals surface area contributed by atoms with Crippen LogP contribution in [0.2, 0.25) is 10.0 Å². The van der Waals surface area contributed by atoms with Gasteiger partial charge in [-0.2, -0.15) is 0 Å². The van der Waals surface area contributed by atoms with Crippen molar-refractivity contribution in [1.82, 2.24) is 5.43 Å². The Hall–Kier alpha value is -0.280. The van der Waals surface area contributed by atoms with Crippen molar-refractivity contribution < 1.29 is 0 Å².